The number of hydrogen-bond donors (Lipinski definition) is 2. The number of nitrogens with zero attached hydrogens (tertiary/aromatic N) is 1. The van der Waals surface area contributed by atoms with Gasteiger partial charge in [-0.25, -0.2) is 12.8 Å². The van der Waals surface area contributed by atoms with E-state index < -0.39 is 32.6 Å². The molecule has 1 saturated heterocycles. The van der Waals surface area contributed by atoms with Crippen molar-refractivity contribution in [2.75, 3.05) is 18.8 Å². The molecule has 1 aromatic carbocycles. The third kappa shape index (κ3) is 2.58. The zero-order valence-corrected chi connectivity index (χ0v) is 11.9. The SMILES string of the molecule is NC(=O)C1CCN(S(=O)(=O)c2cc(N)cc(Cl)c2F)C1. The van der Waals surface area contributed by atoms with Gasteiger partial charge in [0.2, 0.25) is 15.9 Å². The first kappa shape index (κ1) is 15.0. The minimum Gasteiger partial charge on any atom is -0.399 e. The summed E-state index contributed by atoms with van der Waals surface area (Å²) in [6, 6.07) is 2.14. The summed E-state index contributed by atoms with van der Waals surface area (Å²) in [5.74, 6) is -2.19. The average molecular weight is 322 g/mol. The molecular weight excluding hydrogens is 309 g/mol. The molecule has 1 aromatic rings. The molecule has 2 rings (SSSR count). The summed E-state index contributed by atoms with van der Waals surface area (Å²) in [5, 5.41) is -0.366. The first-order chi connectivity index (χ1) is 9.23. The van der Waals surface area contributed by atoms with Gasteiger partial charge in [-0.2, -0.15) is 4.31 Å². The topological polar surface area (TPSA) is 106 Å². The Bertz CT molecular complexity index is 665. The molecule has 4 N–H and O–H groups in total. The molecule has 0 bridgehead atoms. The number of carbonyl (C=O) groups is 1. The number of anilines is 1. The smallest absolute Gasteiger partial charge is 0.246 e. The molecular formula is C11H13ClFN3O3S. The lowest BCUT2D eigenvalue weighted by molar-refractivity contribution is -0.121. The molecule has 1 unspecified atom stereocenters. The van der Waals surface area contributed by atoms with Crippen molar-refractivity contribution in [2.45, 2.75) is 11.3 Å². The van der Waals surface area contributed by atoms with Gasteiger partial charge in [0, 0.05) is 18.8 Å². The Labute approximate surface area is 120 Å². The molecule has 0 aliphatic carbocycles. The zero-order chi connectivity index (χ0) is 15.1. The van der Waals surface area contributed by atoms with E-state index in [1.54, 1.807) is 0 Å². The summed E-state index contributed by atoms with van der Waals surface area (Å²) < 4.78 is 39.6. The average Bonchev–Trinajstić information content (AvgIpc) is 2.83. The monoisotopic (exact) mass is 321 g/mol. The van der Waals surface area contributed by atoms with E-state index in [0.29, 0.717) is 6.42 Å². The normalized spacial score (nSPS) is 20.2. The van der Waals surface area contributed by atoms with Crippen LogP contribution < -0.4 is 11.5 Å². The van der Waals surface area contributed by atoms with Crippen molar-refractivity contribution in [3.05, 3.63) is 23.0 Å². The molecule has 1 aliphatic rings. The van der Waals surface area contributed by atoms with Crippen LogP contribution in [0, 0.1) is 11.7 Å². The van der Waals surface area contributed by atoms with Crippen LogP contribution in [-0.2, 0) is 14.8 Å². The minimum absolute atomic E-state index is 0.0422. The Morgan fingerprint density at radius 2 is 2.10 bits per heavy atom. The molecule has 20 heavy (non-hydrogen) atoms. The van der Waals surface area contributed by atoms with Gasteiger partial charge in [-0.05, 0) is 18.6 Å². The number of benzene rings is 1. The fourth-order valence-corrected chi connectivity index (χ4v) is 3.99. The third-order valence-corrected chi connectivity index (χ3v) is 5.33. The number of carbonyl (C=O) groups excluding carboxylic acids is 1. The van der Waals surface area contributed by atoms with Gasteiger partial charge >= 0.3 is 0 Å². The van der Waals surface area contributed by atoms with Gasteiger partial charge in [-0.1, -0.05) is 11.6 Å². The maximum atomic E-state index is 13.9. The van der Waals surface area contributed by atoms with Gasteiger partial charge in [0.25, 0.3) is 0 Å². The maximum absolute atomic E-state index is 13.9. The van der Waals surface area contributed by atoms with Crippen LogP contribution in [0.4, 0.5) is 10.1 Å². The Kier molecular flexibility index (Phi) is 3.90. The lowest BCUT2D eigenvalue weighted by Crippen LogP contribution is -2.32. The number of nitrogen functional groups attached to an aromatic ring is 1. The van der Waals surface area contributed by atoms with Crippen molar-refractivity contribution < 1.29 is 17.6 Å². The van der Waals surface area contributed by atoms with Crippen LogP contribution in [-0.4, -0.2) is 31.7 Å². The minimum atomic E-state index is -4.09. The van der Waals surface area contributed by atoms with Crippen molar-refractivity contribution in [3.8, 4) is 0 Å². The second kappa shape index (κ2) is 5.19. The Hall–Kier alpha value is -1.38. The Balaban J connectivity index is 2.40. The molecule has 9 heteroatoms. The fraction of sp³-hybridized carbons (Fsp3) is 0.364. The van der Waals surface area contributed by atoms with Gasteiger partial charge in [-0.3, -0.25) is 4.79 Å². The van der Waals surface area contributed by atoms with E-state index in [1.165, 1.54) is 0 Å². The number of rotatable bonds is 3. The number of halogens is 2. The van der Waals surface area contributed by atoms with Gasteiger partial charge in [0.15, 0.2) is 5.82 Å². The predicted molar refractivity (Wildman–Crippen MR) is 71.9 cm³/mol. The van der Waals surface area contributed by atoms with Crippen LogP contribution in [0.3, 0.4) is 0 Å². The summed E-state index contributed by atoms with van der Waals surface area (Å²) in [6.45, 7) is 0.0331. The molecule has 110 valence electrons. The number of amides is 1. The highest BCUT2D eigenvalue weighted by molar-refractivity contribution is 7.89. The van der Waals surface area contributed by atoms with Gasteiger partial charge in [0.05, 0.1) is 10.9 Å². The van der Waals surface area contributed by atoms with Gasteiger partial charge in [0.1, 0.15) is 4.90 Å². The maximum Gasteiger partial charge on any atom is 0.246 e. The summed E-state index contributed by atoms with van der Waals surface area (Å²) >= 11 is 5.60. The highest BCUT2D eigenvalue weighted by Crippen LogP contribution is 2.30. The molecule has 0 spiro atoms. The summed E-state index contributed by atoms with van der Waals surface area (Å²) in [6.07, 6.45) is 0.312. The largest absolute Gasteiger partial charge is 0.399 e. The van der Waals surface area contributed by atoms with E-state index in [1.807, 2.05) is 0 Å². The molecule has 6 nitrogen and oxygen atoms in total. The van der Waals surface area contributed by atoms with Crippen LogP contribution >= 0.6 is 11.6 Å². The van der Waals surface area contributed by atoms with Crippen molar-refractivity contribution in [1.29, 1.82) is 0 Å². The molecule has 1 atom stereocenters. The van der Waals surface area contributed by atoms with E-state index in [0.717, 1.165) is 16.4 Å². The molecule has 0 radical (unpaired) electrons. The van der Waals surface area contributed by atoms with E-state index in [2.05, 4.69) is 0 Å². The Morgan fingerprint density at radius 3 is 2.65 bits per heavy atom. The number of sulfonamides is 1. The highest BCUT2D eigenvalue weighted by Gasteiger charge is 2.36. The van der Waals surface area contributed by atoms with E-state index in [9.17, 15) is 17.6 Å². The molecule has 0 saturated carbocycles. The molecule has 1 amide bonds. The number of hydrogen-bond acceptors (Lipinski definition) is 4. The second-order valence-electron chi connectivity index (χ2n) is 4.57. The lowest BCUT2D eigenvalue weighted by atomic mass is 10.1. The number of nitrogens with two attached hydrogens (primary N) is 2. The zero-order valence-electron chi connectivity index (χ0n) is 10.3. The van der Waals surface area contributed by atoms with Crippen LogP contribution in [0.15, 0.2) is 17.0 Å². The molecule has 0 aromatic heterocycles. The van der Waals surface area contributed by atoms with Gasteiger partial charge in [-0.15, -0.1) is 0 Å². The van der Waals surface area contributed by atoms with Crippen LogP contribution in [0.25, 0.3) is 0 Å². The molecule has 1 aliphatic heterocycles. The summed E-state index contributed by atoms with van der Waals surface area (Å²) in [5.41, 5.74) is 10.7. The van der Waals surface area contributed by atoms with Crippen LogP contribution in [0.5, 0.6) is 0 Å². The van der Waals surface area contributed by atoms with Crippen molar-refractivity contribution in [3.63, 3.8) is 0 Å². The molecule has 1 heterocycles. The third-order valence-electron chi connectivity index (χ3n) is 3.19. The van der Waals surface area contributed by atoms with Crippen LogP contribution in [0.1, 0.15) is 6.42 Å². The summed E-state index contributed by atoms with van der Waals surface area (Å²) in [7, 11) is -4.09. The van der Waals surface area contributed by atoms with Crippen molar-refractivity contribution in [1.82, 2.24) is 4.31 Å². The van der Waals surface area contributed by atoms with E-state index >= 15 is 0 Å². The lowest BCUT2D eigenvalue weighted by Gasteiger charge is -2.17. The van der Waals surface area contributed by atoms with Crippen molar-refractivity contribution >= 4 is 33.2 Å². The van der Waals surface area contributed by atoms with E-state index in [4.69, 9.17) is 23.1 Å². The predicted octanol–water partition coefficient (Wildman–Crippen LogP) is 0.557. The summed E-state index contributed by atoms with van der Waals surface area (Å²) in [4.78, 5) is 10.5. The Morgan fingerprint density at radius 1 is 1.45 bits per heavy atom. The number of primary amides is 1. The van der Waals surface area contributed by atoms with Crippen LogP contribution in [0.2, 0.25) is 5.02 Å². The standard InChI is InChI=1S/C11H13ClFN3O3S/c12-8-3-7(14)4-9(10(8)13)20(18,19)16-2-1-6(5-16)11(15)17/h3-4,6H,1-2,5,14H2,(H2,15,17). The first-order valence-electron chi connectivity index (χ1n) is 5.77. The highest BCUT2D eigenvalue weighted by atomic mass is 35.5. The van der Waals surface area contributed by atoms with Crippen molar-refractivity contribution in [2.24, 2.45) is 11.7 Å². The molecule has 1 fully saturated rings. The van der Waals surface area contributed by atoms with E-state index in [-0.39, 0.29) is 23.8 Å². The first-order valence-corrected chi connectivity index (χ1v) is 7.59. The van der Waals surface area contributed by atoms with Gasteiger partial charge < -0.3 is 11.5 Å². The fourth-order valence-electron chi connectivity index (χ4n) is 2.09. The quantitative estimate of drug-likeness (QED) is 0.793. The second-order valence-corrected chi connectivity index (χ2v) is 6.88.